The predicted molar refractivity (Wildman–Crippen MR) is 58.5 cm³/mol. The highest BCUT2D eigenvalue weighted by atomic mass is 32.2. The first-order valence-electron chi connectivity index (χ1n) is 4.64. The number of hydrogen-bond acceptors (Lipinski definition) is 2. The Morgan fingerprint density at radius 3 is 2.36 bits per heavy atom. The molecule has 80 valence electrons. The van der Waals surface area contributed by atoms with Crippen molar-refractivity contribution in [2.24, 2.45) is 0 Å². The number of nitrogens with zero attached hydrogens (tertiary/aromatic N) is 1. The van der Waals surface area contributed by atoms with Gasteiger partial charge in [0.2, 0.25) is 0 Å². The summed E-state index contributed by atoms with van der Waals surface area (Å²) in [5, 5.41) is 0. The lowest BCUT2D eigenvalue weighted by atomic mass is 10.0. The van der Waals surface area contributed by atoms with E-state index in [4.69, 9.17) is 4.18 Å². The molecule has 1 heterocycles. The zero-order chi connectivity index (χ0) is 10.9. The summed E-state index contributed by atoms with van der Waals surface area (Å²) < 4.78 is 17.9. The molecule has 0 bridgehead atoms. The van der Waals surface area contributed by atoms with Gasteiger partial charge in [-0.15, -0.1) is 0 Å². The molecular weight excluding hydrogens is 198 g/mol. The van der Waals surface area contributed by atoms with Gasteiger partial charge in [-0.05, 0) is 30.9 Å². The van der Waals surface area contributed by atoms with Crippen LogP contribution in [0.15, 0.2) is 6.20 Å². The van der Waals surface area contributed by atoms with Gasteiger partial charge in [0, 0.05) is 11.9 Å². The van der Waals surface area contributed by atoms with E-state index in [1.165, 1.54) is 18.2 Å². The summed E-state index contributed by atoms with van der Waals surface area (Å²) in [5.74, 6) is 0.449. The first-order valence-corrected chi connectivity index (χ1v) is 5.67. The molecule has 1 rings (SSSR count). The maximum atomic E-state index is 11.5. The molecule has 0 aliphatic rings. The van der Waals surface area contributed by atoms with Crippen LogP contribution < -0.4 is 0 Å². The molecule has 1 unspecified atom stereocenters. The molecule has 0 N–H and O–H groups in total. The average Bonchev–Trinajstić information content (AvgIpc) is 2.40. The number of rotatable bonds is 3. The molecule has 0 saturated carbocycles. The zero-order valence-electron chi connectivity index (χ0n) is 9.33. The van der Waals surface area contributed by atoms with E-state index in [9.17, 15) is 4.21 Å². The van der Waals surface area contributed by atoms with E-state index in [0.717, 1.165) is 5.69 Å². The Labute approximate surface area is 87.9 Å². The fourth-order valence-electron chi connectivity index (χ4n) is 1.85. The normalized spacial score (nSPS) is 13.6. The van der Waals surface area contributed by atoms with Gasteiger partial charge in [-0.2, -0.15) is 0 Å². The Kier molecular flexibility index (Phi) is 3.50. The first kappa shape index (κ1) is 11.5. The fraction of sp³-hybridized carbons (Fsp3) is 0.600. The molecule has 0 aliphatic carbocycles. The van der Waals surface area contributed by atoms with Crippen molar-refractivity contribution < 1.29 is 8.39 Å². The Morgan fingerprint density at radius 2 is 2.00 bits per heavy atom. The topological polar surface area (TPSA) is 31.2 Å². The molecule has 1 atom stereocenters. The van der Waals surface area contributed by atoms with Crippen LogP contribution in [-0.4, -0.2) is 15.3 Å². The van der Waals surface area contributed by atoms with E-state index in [0.29, 0.717) is 5.92 Å². The van der Waals surface area contributed by atoms with Crippen molar-refractivity contribution in [3.63, 3.8) is 0 Å². The van der Waals surface area contributed by atoms with E-state index < -0.39 is 11.3 Å². The highest BCUT2D eigenvalue weighted by Crippen LogP contribution is 2.25. The quantitative estimate of drug-likeness (QED) is 0.774. The van der Waals surface area contributed by atoms with Crippen LogP contribution in [0, 0.1) is 13.8 Å². The summed E-state index contributed by atoms with van der Waals surface area (Å²) in [6.45, 7) is 8.27. The van der Waals surface area contributed by atoms with E-state index in [-0.39, 0.29) is 0 Å². The lowest BCUT2D eigenvalue weighted by Gasteiger charge is -2.07. The molecule has 0 spiro atoms. The number of aryl methyl sites for hydroxylation is 1. The minimum absolute atomic E-state index is 0.449. The molecule has 1 aromatic rings. The molecule has 1 aromatic heterocycles. The Hall–Kier alpha value is -0.610. The van der Waals surface area contributed by atoms with Crippen LogP contribution in [0.2, 0.25) is 0 Å². The Bertz CT molecular complexity index is 355. The van der Waals surface area contributed by atoms with Gasteiger partial charge in [-0.25, -0.2) is 8.18 Å². The summed E-state index contributed by atoms with van der Waals surface area (Å²) in [5.41, 5.74) is 3.45. The van der Waals surface area contributed by atoms with Crippen LogP contribution >= 0.6 is 0 Å². The predicted octanol–water partition coefficient (Wildman–Crippen LogP) is 2.30. The standard InChI is InChI=1S/C10H17NO2S/c1-7(2)10-8(3)6-11(9(10)4)14(12)13-5/h6-7H,1-5H3. The molecule has 3 nitrogen and oxygen atoms in total. The highest BCUT2D eigenvalue weighted by Gasteiger charge is 2.15. The molecule has 0 radical (unpaired) electrons. The second-order valence-corrected chi connectivity index (χ2v) is 4.84. The second-order valence-electron chi connectivity index (χ2n) is 3.68. The van der Waals surface area contributed by atoms with E-state index in [2.05, 4.69) is 13.8 Å². The SMILES string of the molecule is COS(=O)n1cc(C)c(C(C)C)c1C. The summed E-state index contributed by atoms with van der Waals surface area (Å²) in [4.78, 5) is 0. The van der Waals surface area contributed by atoms with Crippen molar-refractivity contribution in [1.29, 1.82) is 0 Å². The summed E-state index contributed by atoms with van der Waals surface area (Å²) in [6, 6.07) is 0. The van der Waals surface area contributed by atoms with Crippen molar-refractivity contribution in [2.75, 3.05) is 7.11 Å². The van der Waals surface area contributed by atoms with Gasteiger partial charge in [-0.3, -0.25) is 4.18 Å². The van der Waals surface area contributed by atoms with Crippen LogP contribution in [-0.2, 0) is 15.4 Å². The summed E-state index contributed by atoms with van der Waals surface area (Å²) in [6.07, 6.45) is 1.88. The van der Waals surface area contributed by atoms with Crippen LogP contribution in [0.1, 0.15) is 36.6 Å². The maximum Gasteiger partial charge on any atom is 0.268 e. The number of aromatic nitrogens is 1. The van der Waals surface area contributed by atoms with Gasteiger partial charge < -0.3 is 0 Å². The van der Waals surface area contributed by atoms with Crippen molar-refractivity contribution in [1.82, 2.24) is 3.97 Å². The lowest BCUT2D eigenvalue weighted by molar-refractivity contribution is 0.438. The van der Waals surface area contributed by atoms with Crippen molar-refractivity contribution in [3.8, 4) is 0 Å². The third-order valence-electron chi connectivity index (χ3n) is 2.34. The fourth-order valence-corrected chi connectivity index (χ4v) is 2.58. The third kappa shape index (κ3) is 1.91. The van der Waals surface area contributed by atoms with Crippen LogP contribution in [0.3, 0.4) is 0 Å². The number of hydrogen-bond donors (Lipinski definition) is 0. The lowest BCUT2D eigenvalue weighted by Crippen LogP contribution is -2.06. The molecule has 0 saturated heterocycles. The Morgan fingerprint density at radius 1 is 1.43 bits per heavy atom. The summed E-state index contributed by atoms with van der Waals surface area (Å²) in [7, 11) is 1.44. The minimum Gasteiger partial charge on any atom is -0.277 e. The van der Waals surface area contributed by atoms with E-state index >= 15 is 0 Å². The van der Waals surface area contributed by atoms with Crippen molar-refractivity contribution >= 4 is 11.3 Å². The smallest absolute Gasteiger partial charge is 0.268 e. The maximum absolute atomic E-state index is 11.5. The third-order valence-corrected chi connectivity index (χ3v) is 3.32. The van der Waals surface area contributed by atoms with Crippen molar-refractivity contribution in [2.45, 2.75) is 33.6 Å². The average molecular weight is 215 g/mol. The van der Waals surface area contributed by atoms with Crippen LogP contribution in [0.5, 0.6) is 0 Å². The van der Waals surface area contributed by atoms with Crippen LogP contribution in [0.25, 0.3) is 0 Å². The molecule has 0 amide bonds. The van der Waals surface area contributed by atoms with E-state index in [1.807, 2.05) is 20.0 Å². The van der Waals surface area contributed by atoms with E-state index in [1.54, 1.807) is 3.97 Å². The van der Waals surface area contributed by atoms with Gasteiger partial charge in [0.1, 0.15) is 0 Å². The largest absolute Gasteiger partial charge is 0.277 e. The highest BCUT2D eigenvalue weighted by molar-refractivity contribution is 7.78. The minimum atomic E-state index is -1.39. The molecule has 0 aliphatic heterocycles. The Balaban J connectivity index is 3.23. The monoisotopic (exact) mass is 215 g/mol. The zero-order valence-corrected chi connectivity index (χ0v) is 10.1. The van der Waals surface area contributed by atoms with Gasteiger partial charge in [0.15, 0.2) is 0 Å². The molecule has 4 heteroatoms. The van der Waals surface area contributed by atoms with Gasteiger partial charge in [0.25, 0.3) is 11.3 Å². The van der Waals surface area contributed by atoms with Crippen LogP contribution in [0.4, 0.5) is 0 Å². The second kappa shape index (κ2) is 4.28. The molecule has 14 heavy (non-hydrogen) atoms. The van der Waals surface area contributed by atoms with Gasteiger partial charge in [-0.1, -0.05) is 13.8 Å². The molecular formula is C10H17NO2S. The molecule has 0 fully saturated rings. The van der Waals surface area contributed by atoms with Gasteiger partial charge >= 0.3 is 0 Å². The molecule has 0 aromatic carbocycles. The van der Waals surface area contributed by atoms with Crippen molar-refractivity contribution in [3.05, 3.63) is 23.0 Å². The first-order chi connectivity index (χ1) is 6.49. The summed E-state index contributed by atoms with van der Waals surface area (Å²) >= 11 is -1.39. The van der Waals surface area contributed by atoms with Gasteiger partial charge in [0.05, 0.1) is 7.11 Å².